The van der Waals surface area contributed by atoms with Crippen molar-refractivity contribution in [2.24, 2.45) is 0 Å². The Bertz CT molecular complexity index is 894. The molecule has 2 aromatic carbocycles. The minimum absolute atomic E-state index is 0.0671. The Labute approximate surface area is 129 Å². The summed E-state index contributed by atoms with van der Waals surface area (Å²) in [4.78, 5) is 16.6. The molecule has 0 saturated heterocycles. The van der Waals surface area contributed by atoms with Crippen molar-refractivity contribution in [3.05, 3.63) is 83.2 Å². The molecule has 0 fully saturated rings. The molecule has 22 heavy (non-hydrogen) atoms. The van der Waals surface area contributed by atoms with E-state index in [9.17, 15) is 4.79 Å². The molecule has 0 aliphatic heterocycles. The maximum atomic E-state index is 12.6. The summed E-state index contributed by atoms with van der Waals surface area (Å²) >= 11 is 0. The van der Waals surface area contributed by atoms with Crippen LogP contribution in [-0.4, -0.2) is 10.8 Å². The Balaban J connectivity index is 1.74. The fraction of sp³-hybridized carbons (Fsp3) is 0.100. The van der Waals surface area contributed by atoms with Gasteiger partial charge in [-0.2, -0.15) is 0 Å². The number of allylic oxidation sites excluding steroid dienone is 1. The molecule has 3 aromatic rings. The maximum absolute atomic E-state index is 12.6. The van der Waals surface area contributed by atoms with E-state index in [0.29, 0.717) is 0 Å². The van der Waals surface area contributed by atoms with Gasteiger partial charge < -0.3 is 0 Å². The van der Waals surface area contributed by atoms with Crippen LogP contribution in [0.3, 0.4) is 0 Å². The van der Waals surface area contributed by atoms with Crippen molar-refractivity contribution in [3.63, 3.8) is 0 Å². The molecule has 4 rings (SSSR count). The molecular formula is C20H15NO. The summed E-state index contributed by atoms with van der Waals surface area (Å²) in [6.07, 6.45) is 8.94. The summed E-state index contributed by atoms with van der Waals surface area (Å²) in [6.45, 7) is 0. The highest BCUT2D eigenvalue weighted by molar-refractivity contribution is 6.11. The summed E-state index contributed by atoms with van der Waals surface area (Å²) in [5.41, 5.74) is 4.33. The third-order valence-electron chi connectivity index (χ3n) is 4.26. The Morgan fingerprint density at radius 1 is 1.05 bits per heavy atom. The average Bonchev–Trinajstić information content (AvgIpc) is 3.00. The number of nitrogens with zero attached hydrogens (tertiary/aromatic N) is 1. The van der Waals surface area contributed by atoms with E-state index in [1.807, 2.05) is 24.3 Å². The van der Waals surface area contributed by atoms with Crippen molar-refractivity contribution in [2.75, 3.05) is 0 Å². The predicted octanol–water partition coefficient (Wildman–Crippen LogP) is 4.23. The molecule has 1 heterocycles. The highest BCUT2D eigenvalue weighted by atomic mass is 16.1. The fourth-order valence-electron chi connectivity index (χ4n) is 3.23. The summed E-state index contributed by atoms with van der Waals surface area (Å²) in [7, 11) is 0. The normalized spacial score (nSPS) is 13.1. The number of hydrogen-bond acceptors (Lipinski definition) is 2. The number of ketones is 1. The van der Waals surface area contributed by atoms with E-state index in [4.69, 9.17) is 0 Å². The molecule has 0 N–H and O–H groups in total. The van der Waals surface area contributed by atoms with Crippen LogP contribution in [0.15, 0.2) is 60.9 Å². The van der Waals surface area contributed by atoms with Crippen LogP contribution in [0.25, 0.3) is 16.8 Å². The summed E-state index contributed by atoms with van der Waals surface area (Å²) < 4.78 is 0. The summed E-state index contributed by atoms with van der Waals surface area (Å²) in [6, 6.07) is 14.2. The first kappa shape index (κ1) is 13.0. The smallest absolute Gasteiger partial charge is 0.186 e. The van der Waals surface area contributed by atoms with E-state index in [2.05, 4.69) is 29.2 Å². The molecule has 0 saturated carbocycles. The minimum Gasteiger partial charge on any atom is -0.289 e. The number of hydrogen-bond donors (Lipinski definition) is 0. The Hall–Kier alpha value is -2.74. The van der Waals surface area contributed by atoms with Gasteiger partial charge in [-0.15, -0.1) is 0 Å². The first-order valence-electron chi connectivity index (χ1n) is 7.49. The molecule has 0 unspecified atom stereocenters. The quantitative estimate of drug-likeness (QED) is 0.532. The first-order chi connectivity index (χ1) is 10.8. The number of carbonyl (C=O) groups is 1. The van der Waals surface area contributed by atoms with Gasteiger partial charge in [0.05, 0.1) is 0 Å². The van der Waals surface area contributed by atoms with Crippen LogP contribution in [0.1, 0.15) is 27.0 Å². The van der Waals surface area contributed by atoms with Crippen LogP contribution in [0.2, 0.25) is 0 Å². The number of aromatic nitrogens is 1. The lowest BCUT2D eigenvalue weighted by molar-refractivity contribution is 0.104. The number of benzene rings is 2. The highest BCUT2D eigenvalue weighted by Gasteiger charge is 2.19. The van der Waals surface area contributed by atoms with Crippen LogP contribution in [0.5, 0.6) is 0 Å². The van der Waals surface area contributed by atoms with Crippen LogP contribution in [0, 0.1) is 0 Å². The van der Waals surface area contributed by atoms with Gasteiger partial charge in [-0.3, -0.25) is 9.78 Å². The van der Waals surface area contributed by atoms with Crippen molar-refractivity contribution < 1.29 is 4.79 Å². The number of carbonyl (C=O) groups excluding carboxylic acids is 1. The van der Waals surface area contributed by atoms with Crippen LogP contribution in [-0.2, 0) is 12.8 Å². The van der Waals surface area contributed by atoms with Crippen LogP contribution < -0.4 is 0 Å². The first-order valence-corrected chi connectivity index (χ1v) is 7.49. The number of pyridine rings is 1. The van der Waals surface area contributed by atoms with E-state index in [1.54, 1.807) is 18.5 Å². The molecule has 0 spiro atoms. The largest absolute Gasteiger partial charge is 0.289 e. The van der Waals surface area contributed by atoms with Gasteiger partial charge in [0.2, 0.25) is 0 Å². The Morgan fingerprint density at radius 3 is 2.86 bits per heavy atom. The topological polar surface area (TPSA) is 30.0 Å². The highest BCUT2D eigenvalue weighted by Crippen LogP contribution is 2.33. The lowest BCUT2D eigenvalue weighted by Crippen LogP contribution is -1.99. The molecule has 106 valence electrons. The molecule has 0 amide bonds. The molecule has 2 heteroatoms. The predicted molar refractivity (Wildman–Crippen MR) is 89.0 cm³/mol. The van der Waals surface area contributed by atoms with Gasteiger partial charge in [0, 0.05) is 18.0 Å². The van der Waals surface area contributed by atoms with Gasteiger partial charge in [0.25, 0.3) is 0 Å². The molecule has 1 aliphatic rings. The second-order valence-corrected chi connectivity index (χ2v) is 5.59. The molecule has 2 nitrogen and oxygen atoms in total. The third-order valence-corrected chi connectivity index (χ3v) is 4.26. The Kier molecular flexibility index (Phi) is 3.08. The van der Waals surface area contributed by atoms with E-state index < -0.39 is 0 Å². The van der Waals surface area contributed by atoms with Crippen molar-refractivity contribution in [1.29, 1.82) is 0 Å². The molecule has 0 bridgehead atoms. The minimum atomic E-state index is 0.0671. The van der Waals surface area contributed by atoms with Gasteiger partial charge in [-0.1, -0.05) is 36.4 Å². The van der Waals surface area contributed by atoms with E-state index in [-0.39, 0.29) is 5.78 Å². The van der Waals surface area contributed by atoms with Crippen LogP contribution in [0.4, 0.5) is 0 Å². The second-order valence-electron chi connectivity index (χ2n) is 5.59. The van der Waals surface area contributed by atoms with Crippen LogP contribution >= 0.6 is 0 Å². The van der Waals surface area contributed by atoms with Crippen molar-refractivity contribution >= 4 is 22.6 Å². The zero-order valence-corrected chi connectivity index (χ0v) is 12.1. The Morgan fingerprint density at radius 2 is 2.00 bits per heavy atom. The lowest BCUT2D eigenvalue weighted by atomic mass is 9.97. The standard InChI is InChI=1S/C20H15NO/c22-19(11-6-14-3-2-12-21-13-14)17-9-7-15-4-1-5-16-8-10-18(17)20(15)16/h1-7,9,11-13H,8,10H2. The molecular weight excluding hydrogens is 270 g/mol. The number of aryl methyl sites for hydroxylation is 2. The lowest BCUT2D eigenvalue weighted by Gasteiger charge is -2.06. The fourth-order valence-corrected chi connectivity index (χ4v) is 3.23. The zero-order chi connectivity index (χ0) is 14.9. The van der Waals surface area contributed by atoms with Crippen molar-refractivity contribution in [2.45, 2.75) is 12.8 Å². The van der Waals surface area contributed by atoms with E-state index in [1.165, 1.54) is 21.9 Å². The zero-order valence-electron chi connectivity index (χ0n) is 12.1. The summed E-state index contributed by atoms with van der Waals surface area (Å²) in [5.74, 6) is 0.0671. The van der Waals surface area contributed by atoms with E-state index in [0.717, 1.165) is 24.0 Å². The average molecular weight is 285 g/mol. The number of rotatable bonds is 3. The van der Waals surface area contributed by atoms with Crippen molar-refractivity contribution in [3.8, 4) is 0 Å². The van der Waals surface area contributed by atoms with Gasteiger partial charge in [0.1, 0.15) is 0 Å². The van der Waals surface area contributed by atoms with E-state index >= 15 is 0 Å². The maximum Gasteiger partial charge on any atom is 0.186 e. The molecule has 1 aliphatic carbocycles. The monoisotopic (exact) mass is 285 g/mol. The van der Waals surface area contributed by atoms with Gasteiger partial charge in [0.15, 0.2) is 5.78 Å². The molecule has 0 radical (unpaired) electrons. The second kappa shape index (κ2) is 5.23. The third kappa shape index (κ3) is 2.13. The molecule has 1 aromatic heterocycles. The van der Waals surface area contributed by atoms with Gasteiger partial charge >= 0.3 is 0 Å². The molecule has 0 atom stereocenters. The van der Waals surface area contributed by atoms with Gasteiger partial charge in [-0.25, -0.2) is 0 Å². The SMILES string of the molecule is O=C(C=Cc1cccnc1)c1ccc2cccc3c2c1CC3. The summed E-state index contributed by atoms with van der Waals surface area (Å²) in [5, 5.41) is 2.51. The van der Waals surface area contributed by atoms with Gasteiger partial charge in [-0.05, 0) is 58.5 Å². The van der Waals surface area contributed by atoms with Crippen molar-refractivity contribution in [1.82, 2.24) is 4.98 Å².